The average molecular weight is 408 g/mol. The Morgan fingerprint density at radius 2 is 1.74 bits per heavy atom. The van der Waals surface area contributed by atoms with E-state index in [4.69, 9.17) is 17.0 Å². The second-order valence-electron chi connectivity index (χ2n) is 7.48. The summed E-state index contributed by atoms with van der Waals surface area (Å²) in [5, 5.41) is 3.71. The van der Waals surface area contributed by atoms with Gasteiger partial charge in [-0.15, -0.1) is 0 Å². The highest BCUT2D eigenvalue weighted by atomic mass is 32.2. The van der Waals surface area contributed by atoms with E-state index >= 15 is 0 Å². The summed E-state index contributed by atoms with van der Waals surface area (Å²) in [6.45, 7) is 7.64. The second-order valence-corrected chi connectivity index (χ2v) is 8.85. The zero-order chi connectivity index (χ0) is 19.4. The molecule has 3 atom stereocenters. The van der Waals surface area contributed by atoms with Gasteiger partial charge in [-0.2, -0.15) is 11.8 Å². The van der Waals surface area contributed by atoms with Crippen molar-refractivity contribution in [1.82, 2.24) is 15.1 Å². The molecule has 27 heavy (non-hydrogen) atoms. The Morgan fingerprint density at radius 3 is 2.33 bits per heavy atom. The van der Waals surface area contributed by atoms with E-state index in [1.54, 1.807) is 16.7 Å². The molecule has 0 aliphatic carbocycles. The number of nitrogens with zero attached hydrogens (tertiary/aromatic N) is 2. The zero-order valence-corrected chi connectivity index (χ0v) is 17.9. The normalized spacial score (nSPS) is 26.5. The van der Waals surface area contributed by atoms with E-state index in [1.165, 1.54) is 5.56 Å². The Balaban J connectivity index is 1.56. The van der Waals surface area contributed by atoms with Crippen LogP contribution in [0.15, 0.2) is 24.3 Å². The summed E-state index contributed by atoms with van der Waals surface area (Å²) >= 11 is 7.12. The van der Waals surface area contributed by atoms with Crippen molar-refractivity contribution in [3.8, 4) is 0 Å². The fourth-order valence-corrected chi connectivity index (χ4v) is 4.53. The van der Waals surface area contributed by atoms with E-state index in [9.17, 15) is 4.79 Å². The first-order valence-corrected chi connectivity index (χ1v) is 11.3. The minimum Gasteiger partial charge on any atom is -0.373 e. The largest absolute Gasteiger partial charge is 0.373 e. The van der Waals surface area contributed by atoms with Gasteiger partial charge in [-0.3, -0.25) is 14.6 Å². The maximum absolute atomic E-state index is 12.6. The van der Waals surface area contributed by atoms with Crippen LogP contribution in [0, 0.1) is 0 Å². The van der Waals surface area contributed by atoms with Crippen molar-refractivity contribution < 1.29 is 9.53 Å². The molecule has 148 valence electrons. The molecule has 0 bridgehead atoms. The van der Waals surface area contributed by atoms with Crippen LogP contribution in [0.5, 0.6) is 0 Å². The number of thiocarbonyl (C=S) groups is 1. The molecule has 2 aliphatic heterocycles. The van der Waals surface area contributed by atoms with Crippen molar-refractivity contribution in [1.29, 1.82) is 0 Å². The van der Waals surface area contributed by atoms with E-state index in [-0.39, 0.29) is 24.2 Å². The molecule has 2 aliphatic rings. The third-order valence-corrected chi connectivity index (χ3v) is 5.96. The number of hydrogen-bond donors (Lipinski definition) is 1. The molecule has 1 aromatic rings. The monoisotopic (exact) mass is 407 g/mol. The Kier molecular flexibility index (Phi) is 7.14. The van der Waals surface area contributed by atoms with Crippen molar-refractivity contribution in [2.24, 2.45) is 0 Å². The molecule has 0 saturated carbocycles. The number of hydrogen-bond acceptors (Lipinski definition) is 5. The van der Waals surface area contributed by atoms with Gasteiger partial charge in [0.25, 0.3) is 5.91 Å². The van der Waals surface area contributed by atoms with Gasteiger partial charge < -0.3 is 10.1 Å². The molecule has 5 nitrogen and oxygen atoms in total. The van der Waals surface area contributed by atoms with Crippen molar-refractivity contribution >= 4 is 35.0 Å². The lowest BCUT2D eigenvalue weighted by atomic mass is 10.1. The van der Waals surface area contributed by atoms with Gasteiger partial charge in [0.2, 0.25) is 0 Å². The highest BCUT2D eigenvalue weighted by Gasteiger charge is 2.34. The zero-order valence-electron chi connectivity index (χ0n) is 16.3. The first kappa shape index (κ1) is 20.6. The molecule has 2 heterocycles. The molecule has 0 unspecified atom stereocenters. The molecule has 2 saturated heterocycles. The lowest BCUT2D eigenvalue weighted by Gasteiger charge is -2.35. The molecule has 1 N–H and O–H groups in total. The first-order chi connectivity index (χ1) is 13.0. The number of carbonyl (C=O) groups is 1. The maximum Gasteiger partial charge on any atom is 0.251 e. The average Bonchev–Trinajstić information content (AvgIpc) is 2.88. The van der Waals surface area contributed by atoms with Crippen LogP contribution in [0.1, 0.15) is 31.4 Å². The summed E-state index contributed by atoms with van der Waals surface area (Å²) in [5.74, 6) is 1.04. The first-order valence-electron chi connectivity index (χ1n) is 9.52. The van der Waals surface area contributed by atoms with Crippen molar-refractivity contribution in [2.45, 2.75) is 51.6 Å². The van der Waals surface area contributed by atoms with Crippen molar-refractivity contribution in [2.75, 3.05) is 25.1 Å². The van der Waals surface area contributed by atoms with Gasteiger partial charge >= 0.3 is 0 Å². The van der Waals surface area contributed by atoms with E-state index in [0.29, 0.717) is 11.7 Å². The quantitative estimate of drug-likeness (QED) is 0.701. The molecule has 0 spiro atoms. The minimum absolute atomic E-state index is 0.0921. The molecular formula is C20H29N3O2S2. The number of rotatable bonds is 7. The third kappa shape index (κ3) is 5.44. The van der Waals surface area contributed by atoms with Crippen LogP contribution in [0.4, 0.5) is 0 Å². The summed E-state index contributed by atoms with van der Waals surface area (Å²) in [5.41, 5.74) is 2.39. The summed E-state index contributed by atoms with van der Waals surface area (Å²) in [6, 6.07) is 8.35. The SMILES string of the molecule is CSCC[C@@H]1NC(=S)N(Cc2ccc(CN3C[C@@H](C)O[C@@H](C)C3)cc2)C1=O. The van der Waals surface area contributed by atoms with Crippen LogP contribution in [0.2, 0.25) is 0 Å². The molecule has 2 fully saturated rings. The van der Waals surface area contributed by atoms with Gasteiger partial charge in [0, 0.05) is 19.6 Å². The summed E-state index contributed by atoms with van der Waals surface area (Å²) < 4.78 is 5.80. The molecule has 0 radical (unpaired) electrons. The lowest BCUT2D eigenvalue weighted by molar-refractivity contribution is -0.127. The van der Waals surface area contributed by atoms with Crippen LogP contribution < -0.4 is 5.32 Å². The van der Waals surface area contributed by atoms with Gasteiger partial charge in [0.1, 0.15) is 6.04 Å². The molecule has 7 heteroatoms. The van der Waals surface area contributed by atoms with Crippen LogP contribution >= 0.6 is 24.0 Å². The number of carbonyl (C=O) groups excluding carboxylic acids is 1. The molecule has 1 amide bonds. The van der Waals surface area contributed by atoms with Crippen LogP contribution in [0.25, 0.3) is 0 Å². The highest BCUT2D eigenvalue weighted by Crippen LogP contribution is 2.18. The molecular weight excluding hydrogens is 378 g/mol. The predicted molar refractivity (Wildman–Crippen MR) is 115 cm³/mol. The highest BCUT2D eigenvalue weighted by molar-refractivity contribution is 7.98. The van der Waals surface area contributed by atoms with Gasteiger partial charge in [0.15, 0.2) is 5.11 Å². The van der Waals surface area contributed by atoms with Gasteiger partial charge in [-0.1, -0.05) is 24.3 Å². The summed E-state index contributed by atoms with van der Waals surface area (Å²) in [7, 11) is 0. The maximum atomic E-state index is 12.6. The van der Waals surface area contributed by atoms with Gasteiger partial charge in [-0.05, 0) is 55.6 Å². The summed E-state index contributed by atoms with van der Waals surface area (Å²) in [4.78, 5) is 16.7. The third-order valence-electron chi connectivity index (χ3n) is 4.98. The number of benzene rings is 1. The minimum atomic E-state index is -0.172. The Bertz CT molecular complexity index is 658. The smallest absolute Gasteiger partial charge is 0.251 e. The van der Waals surface area contributed by atoms with E-state index in [2.05, 4.69) is 54.6 Å². The topological polar surface area (TPSA) is 44.8 Å². The predicted octanol–water partition coefficient (Wildman–Crippen LogP) is 2.63. The Labute approximate surface area is 171 Å². The number of morpholine rings is 1. The molecule has 3 rings (SSSR count). The van der Waals surface area contributed by atoms with Crippen LogP contribution in [-0.2, 0) is 22.6 Å². The number of thioether (sulfide) groups is 1. The molecule has 1 aromatic carbocycles. The fraction of sp³-hybridized carbons (Fsp3) is 0.600. The van der Waals surface area contributed by atoms with Crippen molar-refractivity contribution in [3.05, 3.63) is 35.4 Å². The van der Waals surface area contributed by atoms with Crippen molar-refractivity contribution in [3.63, 3.8) is 0 Å². The van der Waals surface area contributed by atoms with E-state index in [0.717, 1.165) is 37.4 Å². The van der Waals surface area contributed by atoms with Gasteiger partial charge in [-0.25, -0.2) is 0 Å². The second kappa shape index (κ2) is 9.37. The standard InChI is InChI=1S/C20H29N3O2S2/c1-14-10-22(11-15(2)25-14)12-16-4-6-17(7-5-16)13-23-19(24)18(8-9-27-3)21-20(23)26/h4-7,14-15,18H,8-13H2,1-3H3,(H,21,26)/t14-,15+,18-/m0/s1. The number of amides is 1. The van der Waals surface area contributed by atoms with Gasteiger partial charge in [0.05, 0.1) is 18.8 Å². The fourth-order valence-electron chi connectivity index (χ4n) is 3.76. The van der Waals surface area contributed by atoms with Crippen LogP contribution in [0.3, 0.4) is 0 Å². The van der Waals surface area contributed by atoms with Crippen LogP contribution in [-0.4, -0.2) is 64.2 Å². The molecule has 0 aromatic heterocycles. The van der Waals surface area contributed by atoms with E-state index < -0.39 is 0 Å². The Hall–Kier alpha value is -1.15. The summed E-state index contributed by atoms with van der Waals surface area (Å²) in [6.07, 6.45) is 3.42. The number of ether oxygens (including phenoxy) is 1. The number of nitrogens with one attached hydrogen (secondary N) is 1. The van der Waals surface area contributed by atoms with E-state index in [1.807, 2.05) is 0 Å². The Morgan fingerprint density at radius 1 is 1.15 bits per heavy atom. The lowest BCUT2D eigenvalue weighted by Crippen LogP contribution is -2.44.